The monoisotopic (exact) mass is 395 g/mol. The average Bonchev–Trinajstić information content (AvgIpc) is 2.67. The van der Waals surface area contributed by atoms with E-state index in [1.54, 1.807) is 12.1 Å². The molecule has 6 nitrogen and oxygen atoms in total. The van der Waals surface area contributed by atoms with Crippen LogP contribution < -0.4 is 16.0 Å². The highest BCUT2D eigenvalue weighted by Crippen LogP contribution is 2.19. The summed E-state index contributed by atoms with van der Waals surface area (Å²) in [4.78, 5) is 37.5. The van der Waals surface area contributed by atoms with Gasteiger partial charge in [0.1, 0.15) is 6.04 Å². The summed E-state index contributed by atoms with van der Waals surface area (Å²) in [5, 5.41) is 8.25. The number of rotatable bonds is 7. The molecule has 0 saturated carbocycles. The number of hydrogen-bond acceptors (Lipinski definition) is 3. The first kappa shape index (κ1) is 22.1. The van der Waals surface area contributed by atoms with Crippen LogP contribution in [0.4, 0.5) is 5.69 Å². The molecule has 154 valence electrons. The van der Waals surface area contributed by atoms with Gasteiger partial charge in [0.2, 0.25) is 11.8 Å². The summed E-state index contributed by atoms with van der Waals surface area (Å²) in [7, 11) is 0. The lowest BCUT2D eigenvalue weighted by Gasteiger charge is -2.22. The Bertz CT molecular complexity index is 886. The Morgan fingerprint density at radius 1 is 0.862 bits per heavy atom. The number of carbonyl (C=O) groups excluding carboxylic acids is 3. The zero-order valence-electron chi connectivity index (χ0n) is 17.6. The molecule has 3 amide bonds. The number of hydrogen-bond donors (Lipinski definition) is 3. The summed E-state index contributed by atoms with van der Waals surface area (Å²) in [6, 6.07) is 12.2. The Kier molecular flexibility index (Phi) is 7.53. The van der Waals surface area contributed by atoms with Gasteiger partial charge in [-0.25, -0.2) is 0 Å². The van der Waals surface area contributed by atoms with Crippen molar-refractivity contribution >= 4 is 23.4 Å². The molecule has 29 heavy (non-hydrogen) atoms. The van der Waals surface area contributed by atoms with Crippen molar-refractivity contribution in [1.82, 2.24) is 10.6 Å². The third-order valence-electron chi connectivity index (χ3n) is 4.79. The van der Waals surface area contributed by atoms with E-state index in [4.69, 9.17) is 0 Å². The van der Waals surface area contributed by atoms with Gasteiger partial charge in [-0.2, -0.15) is 0 Å². The third kappa shape index (κ3) is 5.91. The topological polar surface area (TPSA) is 87.3 Å². The van der Waals surface area contributed by atoms with Crippen molar-refractivity contribution in [2.24, 2.45) is 5.92 Å². The van der Waals surface area contributed by atoms with Crippen LogP contribution in [0.1, 0.15) is 40.9 Å². The smallest absolute Gasteiger partial charge is 0.252 e. The van der Waals surface area contributed by atoms with Crippen LogP contribution in [-0.2, 0) is 9.59 Å². The summed E-state index contributed by atoms with van der Waals surface area (Å²) in [5.74, 6) is -1.15. The molecule has 0 fully saturated rings. The molecule has 0 aliphatic carbocycles. The normalized spacial score (nSPS) is 11.7. The highest BCUT2D eigenvalue weighted by Gasteiger charge is 2.25. The fraction of sp³-hybridized carbons (Fsp3) is 0.348. The van der Waals surface area contributed by atoms with E-state index in [-0.39, 0.29) is 24.3 Å². The Morgan fingerprint density at radius 3 is 2.03 bits per heavy atom. The van der Waals surface area contributed by atoms with Gasteiger partial charge in [-0.1, -0.05) is 50.2 Å². The van der Waals surface area contributed by atoms with E-state index in [1.807, 2.05) is 65.0 Å². The van der Waals surface area contributed by atoms with Crippen molar-refractivity contribution in [2.75, 3.05) is 11.9 Å². The van der Waals surface area contributed by atoms with Crippen LogP contribution in [0, 0.1) is 26.7 Å². The second kappa shape index (κ2) is 9.87. The summed E-state index contributed by atoms with van der Waals surface area (Å²) < 4.78 is 0. The molecule has 0 spiro atoms. The fourth-order valence-electron chi connectivity index (χ4n) is 3.05. The molecule has 1 unspecified atom stereocenters. The second-order valence-corrected chi connectivity index (χ2v) is 7.54. The summed E-state index contributed by atoms with van der Waals surface area (Å²) in [5.41, 5.74) is 4.02. The van der Waals surface area contributed by atoms with Gasteiger partial charge in [-0.05, 0) is 49.4 Å². The van der Waals surface area contributed by atoms with Crippen LogP contribution in [0.25, 0.3) is 0 Å². The van der Waals surface area contributed by atoms with Gasteiger partial charge in [0.15, 0.2) is 0 Å². The fourth-order valence-corrected chi connectivity index (χ4v) is 3.05. The highest BCUT2D eigenvalue weighted by molar-refractivity contribution is 6.00. The van der Waals surface area contributed by atoms with Crippen LogP contribution in [0.15, 0.2) is 42.5 Å². The zero-order chi connectivity index (χ0) is 21.6. The van der Waals surface area contributed by atoms with Crippen molar-refractivity contribution in [2.45, 2.75) is 40.7 Å². The Morgan fingerprint density at radius 2 is 1.45 bits per heavy atom. The molecular weight excluding hydrogens is 366 g/mol. The average molecular weight is 396 g/mol. The number of nitrogens with one attached hydrogen (secondary N) is 3. The van der Waals surface area contributed by atoms with Crippen molar-refractivity contribution in [3.63, 3.8) is 0 Å². The van der Waals surface area contributed by atoms with E-state index < -0.39 is 11.9 Å². The molecule has 0 aliphatic heterocycles. The molecule has 0 aromatic heterocycles. The predicted molar refractivity (Wildman–Crippen MR) is 115 cm³/mol. The van der Waals surface area contributed by atoms with Gasteiger partial charge in [-0.3, -0.25) is 14.4 Å². The Hall–Kier alpha value is -3.15. The Balaban J connectivity index is 1.98. The van der Waals surface area contributed by atoms with E-state index in [1.165, 1.54) is 0 Å². The molecule has 0 saturated heterocycles. The third-order valence-corrected chi connectivity index (χ3v) is 4.79. The zero-order valence-corrected chi connectivity index (χ0v) is 17.6. The molecule has 3 N–H and O–H groups in total. The van der Waals surface area contributed by atoms with E-state index in [0.717, 1.165) is 22.4 Å². The molecule has 1 atom stereocenters. The standard InChI is InChI=1S/C23H29N3O3/c1-14(2)20(26-22(28)18-12-7-6-9-15(18)3)23(29)24-13-19(27)25-21-16(4)10-8-11-17(21)5/h6-12,14,20H,13H2,1-5H3,(H,24,29)(H,25,27)(H,26,28). The summed E-state index contributed by atoms with van der Waals surface area (Å²) in [6.07, 6.45) is 0. The molecular formula is C23H29N3O3. The van der Waals surface area contributed by atoms with E-state index in [0.29, 0.717) is 5.56 Å². The van der Waals surface area contributed by atoms with Crippen molar-refractivity contribution in [3.8, 4) is 0 Å². The maximum atomic E-state index is 12.6. The number of aryl methyl sites for hydroxylation is 3. The molecule has 6 heteroatoms. The lowest BCUT2D eigenvalue weighted by Crippen LogP contribution is -2.51. The van der Waals surface area contributed by atoms with Gasteiger partial charge in [0.05, 0.1) is 6.54 Å². The summed E-state index contributed by atoms with van der Waals surface area (Å²) in [6.45, 7) is 9.19. The van der Waals surface area contributed by atoms with Crippen LogP contribution in [-0.4, -0.2) is 30.3 Å². The molecule has 0 radical (unpaired) electrons. The second-order valence-electron chi connectivity index (χ2n) is 7.54. The van der Waals surface area contributed by atoms with Gasteiger partial charge < -0.3 is 16.0 Å². The van der Waals surface area contributed by atoms with Gasteiger partial charge in [0, 0.05) is 11.3 Å². The maximum Gasteiger partial charge on any atom is 0.252 e. The molecule has 2 aromatic rings. The minimum atomic E-state index is -0.741. The number of amides is 3. The van der Waals surface area contributed by atoms with E-state index in [2.05, 4.69) is 16.0 Å². The largest absolute Gasteiger partial charge is 0.345 e. The lowest BCUT2D eigenvalue weighted by atomic mass is 10.0. The number of benzene rings is 2. The maximum absolute atomic E-state index is 12.6. The van der Waals surface area contributed by atoms with Crippen molar-refractivity contribution < 1.29 is 14.4 Å². The van der Waals surface area contributed by atoms with Crippen LogP contribution >= 0.6 is 0 Å². The molecule has 0 aliphatic rings. The minimum Gasteiger partial charge on any atom is -0.345 e. The number of anilines is 1. The highest BCUT2D eigenvalue weighted by atomic mass is 16.2. The van der Waals surface area contributed by atoms with Crippen LogP contribution in [0.5, 0.6) is 0 Å². The predicted octanol–water partition coefficient (Wildman–Crippen LogP) is 3.12. The number of carbonyl (C=O) groups is 3. The minimum absolute atomic E-state index is 0.135. The van der Waals surface area contributed by atoms with Crippen LogP contribution in [0.3, 0.4) is 0 Å². The first-order valence-electron chi connectivity index (χ1n) is 9.71. The SMILES string of the molecule is Cc1ccccc1C(=O)NC(C(=O)NCC(=O)Nc1c(C)cccc1C)C(C)C. The molecule has 2 aromatic carbocycles. The van der Waals surface area contributed by atoms with Gasteiger partial charge in [-0.15, -0.1) is 0 Å². The molecule has 0 heterocycles. The Labute approximate surface area is 172 Å². The number of para-hydroxylation sites is 1. The summed E-state index contributed by atoms with van der Waals surface area (Å²) >= 11 is 0. The van der Waals surface area contributed by atoms with Crippen molar-refractivity contribution in [1.29, 1.82) is 0 Å². The quantitative estimate of drug-likeness (QED) is 0.673. The van der Waals surface area contributed by atoms with E-state index >= 15 is 0 Å². The van der Waals surface area contributed by atoms with Crippen LogP contribution in [0.2, 0.25) is 0 Å². The van der Waals surface area contributed by atoms with Crippen molar-refractivity contribution in [3.05, 3.63) is 64.7 Å². The first-order chi connectivity index (χ1) is 13.7. The van der Waals surface area contributed by atoms with E-state index in [9.17, 15) is 14.4 Å². The van der Waals surface area contributed by atoms with Gasteiger partial charge in [0.25, 0.3) is 5.91 Å². The molecule has 0 bridgehead atoms. The van der Waals surface area contributed by atoms with Gasteiger partial charge >= 0.3 is 0 Å². The first-order valence-corrected chi connectivity index (χ1v) is 9.71. The molecule has 2 rings (SSSR count). The lowest BCUT2D eigenvalue weighted by molar-refractivity contribution is -0.126.